The fraction of sp³-hybridized carbons (Fsp3) is 0.281. The first kappa shape index (κ1) is 29.3. The van der Waals surface area contributed by atoms with Gasteiger partial charge in [0, 0.05) is 5.56 Å². The van der Waals surface area contributed by atoms with Crippen LogP contribution in [0.3, 0.4) is 0 Å². The maximum absolute atomic E-state index is 13.8. The molecule has 4 rings (SSSR count). The summed E-state index contributed by atoms with van der Waals surface area (Å²) in [6.07, 6.45) is 3.34. The summed E-state index contributed by atoms with van der Waals surface area (Å²) in [4.78, 5) is 18.7. The summed E-state index contributed by atoms with van der Waals surface area (Å²) >= 11 is 2.21. The van der Waals surface area contributed by atoms with E-state index in [2.05, 4.69) is 54.2 Å². The van der Waals surface area contributed by atoms with Crippen LogP contribution in [-0.4, -0.2) is 35.7 Å². The second-order valence-corrected chi connectivity index (χ2v) is 10.6. The molecule has 7 nitrogen and oxygen atoms in total. The van der Waals surface area contributed by atoms with E-state index in [0.717, 1.165) is 31.6 Å². The minimum atomic E-state index is -0.248. The van der Waals surface area contributed by atoms with Crippen LogP contribution in [0.2, 0.25) is 0 Å². The van der Waals surface area contributed by atoms with Gasteiger partial charge in [-0.3, -0.25) is 4.79 Å². The molecule has 0 fully saturated rings. The lowest BCUT2D eigenvalue weighted by Crippen LogP contribution is -2.21. The van der Waals surface area contributed by atoms with E-state index < -0.39 is 0 Å². The summed E-state index contributed by atoms with van der Waals surface area (Å²) in [5, 5.41) is 5.17. The van der Waals surface area contributed by atoms with E-state index in [-0.39, 0.29) is 11.5 Å². The fourth-order valence-corrected chi connectivity index (χ4v) is 5.19. The first-order valence-electron chi connectivity index (χ1n) is 13.3. The van der Waals surface area contributed by atoms with Gasteiger partial charge in [0.15, 0.2) is 17.3 Å². The topological polar surface area (TPSA) is 74.9 Å². The highest BCUT2D eigenvalue weighted by atomic mass is 127. The maximum atomic E-state index is 13.8. The Morgan fingerprint density at radius 1 is 1.05 bits per heavy atom. The van der Waals surface area contributed by atoms with E-state index >= 15 is 0 Å². The predicted molar refractivity (Wildman–Crippen MR) is 170 cm³/mol. The Morgan fingerprint density at radius 2 is 1.77 bits per heavy atom. The summed E-state index contributed by atoms with van der Waals surface area (Å²) in [5.74, 6) is 2.77. The average molecular weight is 652 g/mol. The fourth-order valence-electron chi connectivity index (χ4n) is 4.41. The number of hydrogen-bond donors (Lipinski definition) is 0. The zero-order chi connectivity index (χ0) is 28.8. The molecular weight excluding hydrogens is 617 g/mol. The number of para-hydroxylation sites is 1. The van der Waals surface area contributed by atoms with Gasteiger partial charge in [-0.05, 0) is 102 Å². The van der Waals surface area contributed by atoms with E-state index in [1.54, 1.807) is 18.4 Å². The quantitative estimate of drug-likeness (QED) is 0.0964. The van der Waals surface area contributed by atoms with Gasteiger partial charge >= 0.3 is 0 Å². The van der Waals surface area contributed by atoms with Crippen LogP contribution in [0, 0.1) is 10.5 Å². The molecule has 1 heterocycles. The number of aromatic nitrogens is 2. The lowest BCUT2D eigenvalue weighted by atomic mass is 9.96. The molecule has 40 heavy (non-hydrogen) atoms. The molecule has 1 aromatic heterocycles. The van der Waals surface area contributed by atoms with Gasteiger partial charge in [-0.15, -0.1) is 0 Å². The molecule has 0 atom stereocenters. The number of nitrogens with zero attached hydrogens (tertiary/aromatic N) is 3. The normalized spacial score (nSPS) is 11.4. The van der Waals surface area contributed by atoms with Crippen molar-refractivity contribution in [3.05, 3.63) is 91.8 Å². The highest BCUT2D eigenvalue weighted by molar-refractivity contribution is 14.1. The summed E-state index contributed by atoms with van der Waals surface area (Å²) in [5.41, 5.74) is 3.94. The van der Waals surface area contributed by atoms with Gasteiger partial charge < -0.3 is 14.2 Å². The summed E-state index contributed by atoms with van der Waals surface area (Å²) in [6.45, 7) is 15.3. The van der Waals surface area contributed by atoms with Crippen LogP contribution in [0.15, 0.2) is 71.1 Å². The van der Waals surface area contributed by atoms with Crippen LogP contribution in [0.25, 0.3) is 22.3 Å². The number of hydrogen-bond acceptors (Lipinski definition) is 6. The van der Waals surface area contributed by atoms with Gasteiger partial charge in [0.05, 0.1) is 33.9 Å². The molecule has 3 aromatic carbocycles. The minimum absolute atomic E-state index is 0.214. The van der Waals surface area contributed by atoms with Crippen LogP contribution in [0.4, 0.5) is 0 Å². The van der Waals surface area contributed by atoms with E-state index in [0.29, 0.717) is 48.0 Å². The van der Waals surface area contributed by atoms with Crippen LogP contribution in [0.1, 0.15) is 50.3 Å². The average Bonchev–Trinajstić information content (AvgIpc) is 2.92. The van der Waals surface area contributed by atoms with Crippen molar-refractivity contribution in [1.82, 2.24) is 9.66 Å². The molecule has 0 amide bonds. The summed E-state index contributed by atoms with van der Waals surface area (Å²) < 4.78 is 19.8. The van der Waals surface area contributed by atoms with Gasteiger partial charge in [0.1, 0.15) is 12.4 Å². The van der Waals surface area contributed by atoms with Crippen molar-refractivity contribution in [1.29, 1.82) is 0 Å². The third-order valence-corrected chi connectivity index (χ3v) is 7.07. The Bertz CT molecular complexity index is 1630. The first-order valence-corrected chi connectivity index (χ1v) is 14.4. The molecule has 0 bridgehead atoms. The third-order valence-electron chi connectivity index (χ3n) is 6.27. The zero-order valence-electron chi connectivity index (χ0n) is 23.5. The largest absolute Gasteiger partial charge is 0.494 e. The van der Waals surface area contributed by atoms with Gasteiger partial charge in [0.25, 0.3) is 5.56 Å². The molecule has 0 saturated carbocycles. The van der Waals surface area contributed by atoms with Gasteiger partial charge in [-0.25, -0.2) is 4.98 Å². The number of ether oxygens (including phenoxy) is 3. The lowest BCUT2D eigenvalue weighted by Gasteiger charge is -2.18. The van der Waals surface area contributed by atoms with E-state index in [9.17, 15) is 4.79 Å². The molecule has 8 heteroatoms. The number of benzene rings is 3. The molecule has 208 valence electrons. The second kappa shape index (κ2) is 13.1. The molecule has 0 aliphatic carbocycles. The van der Waals surface area contributed by atoms with Crippen LogP contribution in [0.5, 0.6) is 17.2 Å². The Kier molecular flexibility index (Phi) is 9.63. The van der Waals surface area contributed by atoms with Gasteiger partial charge in [0.2, 0.25) is 0 Å². The van der Waals surface area contributed by atoms with E-state index in [1.165, 1.54) is 4.68 Å². The van der Waals surface area contributed by atoms with Gasteiger partial charge in [-0.1, -0.05) is 38.6 Å². The van der Waals surface area contributed by atoms with Crippen molar-refractivity contribution in [2.75, 3.05) is 19.8 Å². The number of halogens is 1. The molecule has 4 aromatic rings. The van der Waals surface area contributed by atoms with Crippen molar-refractivity contribution in [3.63, 3.8) is 0 Å². The molecule has 0 radical (unpaired) electrons. The smallest absolute Gasteiger partial charge is 0.282 e. The number of aryl methyl sites for hydroxylation is 1. The maximum Gasteiger partial charge on any atom is 0.282 e. The second-order valence-electron chi connectivity index (χ2n) is 9.47. The Balaban J connectivity index is 1.92. The SMILES string of the molecule is C=CCOc1c(I)cc(C=Nn2c(-c3cc(C(C)C)c(OCC)cc3C)nc3ccccc3c2=O)cc1OCC. The molecule has 0 aliphatic heterocycles. The molecule has 0 N–H and O–H groups in total. The highest BCUT2D eigenvalue weighted by Crippen LogP contribution is 2.35. The summed E-state index contributed by atoms with van der Waals surface area (Å²) in [7, 11) is 0. The number of rotatable bonds is 11. The Morgan fingerprint density at radius 3 is 2.48 bits per heavy atom. The zero-order valence-corrected chi connectivity index (χ0v) is 25.7. The van der Waals surface area contributed by atoms with Crippen LogP contribution < -0.4 is 19.8 Å². The monoisotopic (exact) mass is 651 g/mol. The minimum Gasteiger partial charge on any atom is -0.494 e. The van der Waals surface area contributed by atoms with Crippen molar-refractivity contribution in [2.45, 2.75) is 40.5 Å². The van der Waals surface area contributed by atoms with Crippen molar-refractivity contribution < 1.29 is 14.2 Å². The van der Waals surface area contributed by atoms with E-state index in [4.69, 9.17) is 19.2 Å². The predicted octanol–water partition coefficient (Wildman–Crippen LogP) is 7.34. The van der Waals surface area contributed by atoms with Crippen LogP contribution >= 0.6 is 22.6 Å². The molecule has 0 saturated heterocycles. The third kappa shape index (κ3) is 6.22. The van der Waals surface area contributed by atoms with E-state index in [1.807, 2.05) is 57.2 Å². The molecule has 0 unspecified atom stereocenters. The molecule has 0 aliphatic rings. The lowest BCUT2D eigenvalue weighted by molar-refractivity contribution is 0.295. The Hall–Kier alpha value is -3.66. The number of fused-ring (bicyclic) bond motifs is 1. The highest BCUT2D eigenvalue weighted by Gasteiger charge is 2.19. The van der Waals surface area contributed by atoms with Gasteiger partial charge in [-0.2, -0.15) is 9.78 Å². The molecular formula is C32H34IN3O4. The first-order chi connectivity index (χ1) is 19.3. The van der Waals surface area contributed by atoms with Crippen molar-refractivity contribution >= 4 is 39.7 Å². The molecule has 0 spiro atoms. The Labute approximate surface area is 248 Å². The summed E-state index contributed by atoms with van der Waals surface area (Å²) in [6, 6.07) is 15.2. The van der Waals surface area contributed by atoms with Crippen molar-refractivity contribution in [2.24, 2.45) is 5.10 Å². The van der Waals surface area contributed by atoms with Crippen molar-refractivity contribution in [3.8, 4) is 28.6 Å². The standard InChI is InChI=1S/C32H34IN3O4/c1-7-14-40-30-26(33)16-22(17-29(30)39-9-3)19-34-36-31(35-27-13-11-10-12-23(27)32(36)37)25-18-24(20(4)5)28(38-8-2)15-21(25)6/h7,10-13,15-20H,1,8-9,14H2,2-6H3. The van der Waals surface area contributed by atoms with Crippen LogP contribution in [-0.2, 0) is 0 Å².